The highest BCUT2D eigenvalue weighted by Crippen LogP contribution is 2.09. The van der Waals surface area contributed by atoms with E-state index in [2.05, 4.69) is 15.5 Å². The molecule has 1 saturated heterocycles. The van der Waals surface area contributed by atoms with E-state index in [0.29, 0.717) is 18.9 Å². The van der Waals surface area contributed by atoms with E-state index in [1.165, 1.54) is 19.2 Å². The smallest absolute Gasteiger partial charge is 0.317 e. The number of nitrogens with zero attached hydrogens (tertiary/aromatic N) is 3. The molecule has 2 heterocycles. The van der Waals surface area contributed by atoms with Gasteiger partial charge in [-0.3, -0.25) is 0 Å². The summed E-state index contributed by atoms with van der Waals surface area (Å²) in [5, 5.41) is 6.39. The van der Waals surface area contributed by atoms with Gasteiger partial charge in [-0.05, 0) is 12.8 Å². The largest absolute Gasteiger partial charge is 0.340 e. The number of nitrogens with one attached hydrogen (secondary N) is 1. The number of rotatable bonds is 3. The number of aromatic nitrogens is 2. The van der Waals surface area contributed by atoms with E-state index in [-0.39, 0.29) is 6.03 Å². The van der Waals surface area contributed by atoms with E-state index in [4.69, 9.17) is 4.52 Å². The molecule has 0 aliphatic carbocycles. The molecule has 1 aromatic heterocycles. The van der Waals surface area contributed by atoms with Gasteiger partial charge in [-0.2, -0.15) is 4.98 Å². The molecule has 0 radical (unpaired) electrons. The van der Waals surface area contributed by atoms with E-state index < -0.39 is 0 Å². The third-order valence-corrected chi connectivity index (χ3v) is 2.92. The SMILES string of the molecule is O=C(NCCc1ncno1)N1CCCCCC1. The van der Waals surface area contributed by atoms with Crippen molar-refractivity contribution in [1.82, 2.24) is 20.4 Å². The molecule has 1 aliphatic rings. The molecule has 2 rings (SSSR count). The number of carbonyl (C=O) groups is 1. The Hall–Kier alpha value is -1.59. The average Bonchev–Trinajstić information content (AvgIpc) is 2.69. The molecule has 1 aromatic rings. The molecule has 1 fully saturated rings. The Morgan fingerprint density at radius 3 is 2.76 bits per heavy atom. The van der Waals surface area contributed by atoms with Crippen molar-refractivity contribution >= 4 is 6.03 Å². The zero-order valence-corrected chi connectivity index (χ0v) is 9.89. The van der Waals surface area contributed by atoms with Crippen LogP contribution in [-0.4, -0.2) is 40.7 Å². The van der Waals surface area contributed by atoms with Crippen LogP contribution in [-0.2, 0) is 6.42 Å². The fraction of sp³-hybridized carbons (Fsp3) is 0.727. The van der Waals surface area contributed by atoms with Crippen molar-refractivity contribution in [3.63, 3.8) is 0 Å². The molecule has 1 N–H and O–H groups in total. The summed E-state index contributed by atoms with van der Waals surface area (Å²) in [5.41, 5.74) is 0. The summed E-state index contributed by atoms with van der Waals surface area (Å²) in [4.78, 5) is 17.6. The maximum absolute atomic E-state index is 11.8. The zero-order chi connectivity index (χ0) is 11.9. The molecule has 0 saturated carbocycles. The minimum Gasteiger partial charge on any atom is -0.340 e. The van der Waals surface area contributed by atoms with Crippen LogP contribution in [0.5, 0.6) is 0 Å². The van der Waals surface area contributed by atoms with Gasteiger partial charge in [0.2, 0.25) is 5.89 Å². The summed E-state index contributed by atoms with van der Waals surface area (Å²) in [6.45, 7) is 2.27. The highest BCUT2D eigenvalue weighted by molar-refractivity contribution is 5.74. The minimum atomic E-state index is 0.0198. The third kappa shape index (κ3) is 3.72. The van der Waals surface area contributed by atoms with Crippen LogP contribution < -0.4 is 5.32 Å². The van der Waals surface area contributed by atoms with Crippen LogP contribution in [0.4, 0.5) is 4.79 Å². The number of hydrogen-bond donors (Lipinski definition) is 1. The van der Waals surface area contributed by atoms with Crippen LogP contribution in [0.1, 0.15) is 31.6 Å². The minimum absolute atomic E-state index is 0.0198. The van der Waals surface area contributed by atoms with Crippen LogP contribution in [0, 0.1) is 0 Å². The summed E-state index contributed by atoms with van der Waals surface area (Å²) in [7, 11) is 0. The molecule has 0 spiro atoms. The Kier molecular flexibility index (Phi) is 4.35. The summed E-state index contributed by atoms with van der Waals surface area (Å²) < 4.78 is 4.85. The standard InChI is InChI=1S/C11H18N4O2/c16-11(15-7-3-1-2-4-8-15)12-6-5-10-13-9-14-17-10/h9H,1-8H2,(H,12,16). The lowest BCUT2D eigenvalue weighted by Crippen LogP contribution is -2.41. The van der Waals surface area contributed by atoms with Crippen molar-refractivity contribution < 1.29 is 9.32 Å². The van der Waals surface area contributed by atoms with Crippen molar-refractivity contribution in [1.29, 1.82) is 0 Å². The quantitative estimate of drug-likeness (QED) is 0.858. The lowest BCUT2D eigenvalue weighted by atomic mass is 10.2. The van der Waals surface area contributed by atoms with Crippen molar-refractivity contribution in [3.05, 3.63) is 12.2 Å². The molecule has 1 aliphatic heterocycles. The fourth-order valence-electron chi connectivity index (χ4n) is 1.97. The van der Waals surface area contributed by atoms with Crippen LogP contribution in [0.15, 0.2) is 10.9 Å². The van der Waals surface area contributed by atoms with E-state index in [1.807, 2.05) is 4.90 Å². The van der Waals surface area contributed by atoms with Crippen molar-refractivity contribution in [2.45, 2.75) is 32.1 Å². The first kappa shape index (κ1) is 11.9. The Labute approximate surface area is 100 Å². The van der Waals surface area contributed by atoms with Gasteiger partial charge in [0.15, 0.2) is 6.33 Å². The van der Waals surface area contributed by atoms with Crippen molar-refractivity contribution in [2.24, 2.45) is 0 Å². The third-order valence-electron chi connectivity index (χ3n) is 2.92. The van der Waals surface area contributed by atoms with Gasteiger partial charge in [0, 0.05) is 26.1 Å². The first-order chi connectivity index (χ1) is 8.36. The Morgan fingerprint density at radius 2 is 2.12 bits per heavy atom. The molecule has 0 bridgehead atoms. The first-order valence-electron chi connectivity index (χ1n) is 6.14. The van der Waals surface area contributed by atoms with Gasteiger partial charge >= 0.3 is 6.03 Å². The number of hydrogen-bond acceptors (Lipinski definition) is 4. The average molecular weight is 238 g/mol. The van der Waals surface area contributed by atoms with Gasteiger partial charge in [0.1, 0.15) is 0 Å². The lowest BCUT2D eigenvalue weighted by Gasteiger charge is -2.20. The molecular weight excluding hydrogens is 220 g/mol. The van der Waals surface area contributed by atoms with Crippen LogP contribution in [0.2, 0.25) is 0 Å². The van der Waals surface area contributed by atoms with Crippen molar-refractivity contribution in [3.8, 4) is 0 Å². The molecule has 0 atom stereocenters. The second-order valence-corrected chi connectivity index (χ2v) is 4.22. The lowest BCUT2D eigenvalue weighted by molar-refractivity contribution is 0.199. The topological polar surface area (TPSA) is 71.3 Å². The van der Waals surface area contributed by atoms with Gasteiger partial charge in [-0.1, -0.05) is 18.0 Å². The fourth-order valence-corrected chi connectivity index (χ4v) is 1.97. The second-order valence-electron chi connectivity index (χ2n) is 4.22. The Morgan fingerprint density at radius 1 is 1.35 bits per heavy atom. The van der Waals surface area contributed by atoms with Gasteiger partial charge in [0.25, 0.3) is 0 Å². The number of carbonyl (C=O) groups excluding carboxylic acids is 1. The molecular formula is C11H18N4O2. The molecule has 6 nitrogen and oxygen atoms in total. The molecule has 6 heteroatoms. The van der Waals surface area contributed by atoms with Gasteiger partial charge in [-0.25, -0.2) is 4.79 Å². The first-order valence-corrected chi connectivity index (χ1v) is 6.14. The maximum atomic E-state index is 11.8. The molecule has 2 amide bonds. The predicted octanol–water partition coefficient (Wildman–Crippen LogP) is 1.20. The normalized spacial score (nSPS) is 16.6. The second kappa shape index (κ2) is 6.22. The Bertz CT molecular complexity index is 331. The number of amides is 2. The zero-order valence-electron chi connectivity index (χ0n) is 9.89. The molecule has 17 heavy (non-hydrogen) atoms. The predicted molar refractivity (Wildman–Crippen MR) is 61.4 cm³/mol. The highest BCUT2D eigenvalue weighted by atomic mass is 16.5. The highest BCUT2D eigenvalue weighted by Gasteiger charge is 2.14. The monoisotopic (exact) mass is 238 g/mol. The maximum Gasteiger partial charge on any atom is 0.317 e. The van der Waals surface area contributed by atoms with E-state index >= 15 is 0 Å². The summed E-state index contributed by atoms with van der Waals surface area (Å²) in [5.74, 6) is 0.557. The summed E-state index contributed by atoms with van der Waals surface area (Å²) in [6, 6.07) is 0.0198. The summed E-state index contributed by atoms with van der Waals surface area (Å²) in [6.07, 6.45) is 6.62. The molecule has 0 aromatic carbocycles. The van der Waals surface area contributed by atoms with Crippen LogP contribution in [0.25, 0.3) is 0 Å². The Balaban J connectivity index is 1.69. The van der Waals surface area contributed by atoms with E-state index in [1.54, 1.807) is 0 Å². The number of urea groups is 1. The van der Waals surface area contributed by atoms with E-state index in [9.17, 15) is 4.79 Å². The number of likely N-dealkylation sites (tertiary alicyclic amines) is 1. The van der Waals surface area contributed by atoms with Gasteiger partial charge in [-0.15, -0.1) is 0 Å². The molecule has 94 valence electrons. The van der Waals surface area contributed by atoms with Crippen LogP contribution in [0.3, 0.4) is 0 Å². The van der Waals surface area contributed by atoms with E-state index in [0.717, 1.165) is 25.9 Å². The van der Waals surface area contributed by atoms with Gasteiger partial charge in [0.05, 0.1) is 0 Å². The molecule has 0 unspecified atom stereocenters. The van der Waals surface area contributed by atoms with Gasteiger partial charge < -0.3 is 14.7 Å². The van der Waals surface area contributed by atoms with Crippen molar-refractivity contribution in [2.75, 3.05) is 19.6 Å². The van der Waals surface area contributed by atoms with Crippen LogP contribution >= 0.6 is 0 Å². The summed E-state index contributed by atoms with van der Waals surface area (Å²) >= 11 is 0.